The molecule has 0 radical (unpaired) electrons. The third kappa shape index (κ3) is 4.17. The van der Waals surface area contributed by atoms with Crippen molar-refractivity contribution in [2.75, 3.05) is 19.7 Å². The number of amides is 1. The molecule has 7 heteroatoms. The number of carbonyl (C=O) groups is 1. The fourth-order valence-corrected chi connectivity index (χ4v) is 3.18. The molecule has 0 unspecified atom stereocenters. The van der Waals surface area contributed by atoms with E-state index >= 15 is 0 Å². The monoisotopic (exact) mass is 337 g/mol. The van der Waals surface area contributed by atoms with Gasteiger partial charge in [0.2, 0.25) is 0 Å². The second-order valence-corrected chi connectivity index (χ2v) is 8.05. The van der Waals surface area contributed by atoms with Gasteiger partial charge in [-0.2, -0.15) is 0 Å². The first-order valence-corrected chi connectivity index (χ1v) is 8.42. The molecule has 0 aliphatic rings. The highest BCUT2D eigenvalue weighted by Gasteiger charge is 2.24. The molecule has 0 spiro atoms. The van der Waals surface area contributed by atoms with Crippen LogP contribution in [0.5, 0.6) is 0 Å². The van der Waals surface area contributed by atoms with Crippen LogP contribution in [-0.2, 0) is 0 Å². The van der Waals surface area contributed by atoms with E-state index in [0.29, 0.717) is 24.5 Å². The summed E-state index contributed by atoms with van der Waals surface area (Å²) in [6, 6.07) is 0. The zero-order chi connectivity index (χ0) is 17.2. The van der Waals surface area contributed by atoms with Crippen molar-refractivity contribution in [1.29, 1.82) is 0 Å². The molecular formula is C16H23N3O3S. The molecule has 2 heterocycles. The van der Waals surface area contributed by atoms with Gasteiger partial charge < -0.3 is 10.0 Å². The van der Waals surface area contributed by atoms with Crippen molar-refractivity contribution in [2.45, 2.75) is 34.1 Å². The summed E-state index contributed by atoms with van der Waals surface area (Å²) in [5.41, 5.74) is -0.368. The number of aliphatic hydroxyl groups excluding tert-OH is 1. The van der Waals surface area contributed by atoms with Gasteiger partial charge in [-0.25, -0.2) is 4.98 Å². The van der Waals surface area contributed by atoms with Crippen LogP contribution in [0.1, 0.15) is 42.4 Å². The summed E-state index contributed by atoms with van der Waals surface area (Å²) in [5.74, 6) is -0.330. The molecule has 2 aromatic heterocycles. The predicted molar refractivity (Wildman–Crippen MR) is 91.1 cm³/mol. The molecule has 0 bridgehead atoms. The quantitative estimate of drug-likeness (QED) is 0.905. The molecule has 0 saturated carbocycles. The fourth-order valence-electron chi connectivity index (χ4n) is 2.40. The Balaban J connectivity index is 2.38. The number of aliphatic hydroxyl groups is 1. The average molecular weight is 337 g/mol. The van der Waals surface area contributed by atoms with Crippen molar-refractivity contribution in [3.8, 4) is 0 Å². The van der Waals surface area contributed by atoms with E-state index in [1.165, 1.54) is 21.9 Å². The lowest BCUT2D eigenvalue weighted by molar-refractivity contribution is 0.0680. The van der Waals surface area contributed by atoms with Crippen LogP contribution in [0.15, 0.2) is 17.2 Å². The van der Waals surface area contributed by atoms with Crippen molar-refractivity contribution in [3.63, 3.8) is 0 Å². The van der Waals surface area contributed by atoms with Gasteiger partial charge in [0, 0.05) is 37.0 Å². The lowest BCUT2D eigenvalue weighted by atomic mass is 9.95. The number of fused-ring (bicyclic) bond motifs is 1. The van der Waals surface area contributed by atoms with Crippen molar-refractivity contribution in [3.05, 3.63) is 33.2 Å². The molecule has 0 fully saturated rings. The topological polar surface area (TPSA) is 74.9 Å². The van der Waals surface area contributed by atoms with E-state index in [4.69, 9.17) is 5.11 Å². The third-order valence-electron chi connectivity index (χ3n) is 3.29. The number of rotatable bonds is 5. The van der Waals surface area contributed by atoms with Crippen molar-refractivity contribution < 1.29 is 9.90 Å². The highest BCUT2D eigenvalue weighted by molar-refractivity contribution is 7.16. The first kappa shape index (κ1) is 17.6. The van der Waals surface area contributed by atoms with E-state index in [0.717, 1.165) is 4.88 Å². The van der Waals surface area contributed by atoms with Crippen LogP contribution < -0.4 is 5.56 Å². The van der Waals surface area contributed by atoms with Gasteiger partial charge in [0.15, 0.2) is 4.96 Å². The first-order valence-electron chi connectivity index (χ1n) is 7.61. The number of nitrogens with zero attached hydrogens (tertiary/aromatic N) is 3. The Kier molecular flexibility index (Phi) is 5.21. The Bertz CT molecular complexity index is 758. The number of hydrogen-bond donors (Lipinski definition) is 1. The minimum atomic E-state index is -0.341. The van der Waals surface area contributed by atoms with Gasteiger partial charge in [0.1, 0.15) is 5.56 Å². The molecular weight excluding hydrogens is 314 g/mol. The molecule has 0 aliphatic carbocycles. The van der Waals surface area contributed by atoms with Crippen molar-refractivity contribution in [1.82, 2.24) is 14.3 Å². The molecule has 0 atom stereocenters. The maximum Gasteiger partial charge on any atom is 0.271 e. The normalized spacial score (nSPS) is 11.9. The maximum atomic E-state index is 12.8. The van der Waals surface area contributed by atoms with Gasteiger partial charge in [0.05, 0.1) is 0 Å². The first-order chi connectivity index (χ1) is 10.7. The van der Waals surface area contributed by atoms with E-state index in [1.807, 2.05) is 27.7 Å². The molecule has 1 N–H and O–H groups in total. The summed E-state index contributed by atoms with van der Waals surface area (Å²) < 4.78 is 1.43. The smallest absolute Gasteiger partial charge is 0.271 e. The Morgan fingerprint density at radius 3 is 2.74 bits per heavy atom. The third-order valence-corrected chi connectivity index (χ3v) is 4.20. The van der Waals surface area contributed by atoms with Crippen LogP contribution in [0.2, 0.25) is 0 Å². The van der Waals surface area contributed by atoms with E-state index in [1.54, 1.807) is 11.1 Å². The lowest BCUT2D eigenvalue weighted by Crippen LogP contribution is -2.41. The minimum Gasteiger partial charge on any atom is -0.396 e. The van der Waals surface area contributed by atoms with Gasteiger partial charge in [-0.3, -0.25) is 14.0 Å². The molecule has 6 nitrogen and oxygen atoms in total. The van der Waals surface area contributed by atoms with E-state index in [9.17, 15) is 9.59 Å². The van der Waals surface area contributed by atoms with Crippen LogP contribution in [0.4, 0.5) is 0 Å². The van der Waals surface area contributed by atoms with Crippen molar-refractivity contribution in [2.24, 2.45) is 5.41 Å². The molecule has 0 saturated heterocycles. The van der Waals surface area contributed by atoms with Gasteiger partial charge >= 0.3 is 0 Å². The van der Waals surface area contributed by atoms with Crippen LogP contribution in [0.3, 0.4) is 0 Å². The largest absolute Gasteiger partial charge is 0.396 e. The Labute approximate surface area is 139 Å². The zero-order valence-electron chi connectivity index (χ0n) is 14.0. The van der Waals surface area contributed by atoms with Crippen molar-refractivity contribution >= 4 is 22.2 Å². The van der Waals surface area contributed by atoms with Gasteiger partial charge in [-0.15, -0.1) is 11.3 Å². The average Bonchev–Trinajstić information content (AvgIpc) is 2.83. The molecule has 1 amide bonds. The molecule has 2 aromatic rings. The SMILES string of the molecule is Cc1cn2c(=O)c(C(=O)N(CCCO)CC(C)(C)C)cnc2s1. The Morgan fingerprint density at radius 1 is 1.43 bits per heavy atom. The molecule has 0 aliphatic heterocycles. The number of aryl methyl sites for hydroxylation is 1. The summed E-state index contributed by atoms with van der Waals surface area (Å²) >= 11 is 1.41. The molecule has 2 rings (SSSR count). The standard InChI is InChI=1S/C16H23N3O3S/c1-11-9-19-14(22)12(8-17-15(19)23-11)13(21)18(6-5-7-20)10-16(2,3)4/h8-9,20H,5-7,10H2,1-4H3. The molecule has 126 valence electrons. The molecule has 0 aromatic carbocycles. The van der Waals surface area contributed by atoms with E-state index in [2.05, 4.69) is 4.98 Å². The van der Waals surface area contributed by atoms with Gasteiger partial charge in [-0.05, 0) is 18.8 Å². The maximum absolute atomic E-state index is 12.8. The summed E-state index contributed by atoms with van der Waals surface area (Å²) in [4.78, 5) is 32.8. The Morgan fingerprint density at radius 2 is 2.13 bits per heavy atom. The zero-order valence-corrected chi connectivity index (χ0v) is 14.8. The fraction of sp³-hybridized carbons (Fsp3) is 0.562. The summed E-state index contributed by atoms with van der Waals surface area (Å²) in [7, 11) is 0. The second kappa shape index (κ2) is 6.80. The van der Waals surface area contributed by atoms with E-state index < -0.39 is 0 Å². The van der Waals surface area contributed by atoms with Gasteiger partial charge in [-0.1, -0.05) is 20.8 Å². The predicted octanol–water partition coefficient (Wildman–Crippen LogP) is 1.94. The van der Waals surface area contributed by atoms with Crippen LogP contribution in [0.25, 0.3) is 4.96 Å². The highest BCUT2D eigenvalue weighted by Crippen LogP contribution is 2.18. The minimum absolute atomic E-state index is 0.00785. The summed E-state index contributed by atoms with van der Waals surface area (Å²) in [6.07, 6.45) is 3.55. The number of aromatic nitrogens is 2. The number of hydrogen-bond acceptors (Lipinski definition) is 5. The summed E-state index contributed by atoms with van der Waals surface area (Å²) in [5, 5.41) is 9.05. The summed E-state index contributed by atoms with van der Waals surface area (Å²) in [6.45, 7) is 8.92. The second-order valence-electron chi connectivity index (χ2n) is 6.84. The van der Waals surface area contributed by atoms with E-state index in [-0.39, 0.29) is 29.1 Å². The molecule has 23 heavy (non-hydrogen) atoms. The number of thiazole rings is 1. The van der Waals surface area contributed by atoms with Crippen LogP contribution >= 0.6 is 11.3 Å². The Hall–Kier alpha value is -1.73. The van der Waals surface area contributed by atoms with Gasteiger partial charge in [0.25, 0.3) is 11.5 Å². The lowest BCUT2D eigenvalue weighted by Gasteiger charge is -2.29. The van der Waals surface area contributed by atoms with Crippen LogP contribution in [0, 0.1) is 12.3 Å². The number of carbonyl (C=O) groups excluding carboxylic acids is 1. The highest BCUT2D eigenvalue weighted by atomic mass is 32.1. The van der Waals surface area contributed by atoms with Crippen LogP contribution in [-0.4, -0.2) is 45.0 Å².